The average molecular weight is 544 g/mol. The van der Waals surface area contributed by atoms with Gasteiger partial charge in [0, 0.05) is 32.7 Å². The molecule has 0 amide bonds. The van der Waals surface area contributed by atoms with Gasteiger partial charge in [-0.15, -0.1) is 0 Å². The van der Waals surface area contributed by atoms with Crippen LogP contribution in [0.1, 0.15) is 39.0 Å². The SMILES string of the molecule is COC(=O)c1ccc(CO[C@H](CN2CCN(S(=O)(=O)c3c(C)noc3C)CC2)c2cccc(OC)c2)cc1. The molecule has 1 aliphatic heterocycles. The molecule has 38 heavy (non-hydrogen) atoms. The highest BCUT2D eigenvalue weighted by molar-refractivity contribution is 7.89. The number of hydrogen-bond acceptors (Lipinski definition) is 9. The summed E-state index contributed by atoms with van der Waals surface area (Å²) in [6, 6.07) is 14.8. The summed E-state index contributed by atoms with van der Waals surface area (Å²) in [6.45, 7) is 5.98. The van der Waals surface area contributed by atoms with E-state index in [0.29, 0.717) is 56.3 Å². The molecule has 1 fully saturated rings. The molecule has 2 heterocycles. The molecule has 0 aliphatic carbocycles. The first-order chi connectivity index (χ1) is 18.2. The van der Waals surface area contributed by atoms with Crippen LogP contribution < -0.4 is 4.74 Å². The van der Waals surface area contributed by atoms with E-state index >= 15 is 0 Å². The fourth-order valence-electron chi connectivity index (χ4n) is 4.51. The van der Waals surface area contributed by atoms with Crippen molar-refractivity contribution in [3.05, 3.63) is 76.7 Å². The lowest BCUT2D eigenvalue weighted by molar-refractivity contribution is 0.00761. The molecule has 0 bridgehead atoms. The lowest BCUT2D eigenvalue weighted by Crippen LogP contribution is -2.49. The highest BCUT2D eigenvalue weighted by atomic mass is 32.2. The number of benzene rings is 2. The van der Waals surface area contributed by atoms with E-state index in [1.54, 1.807) is 33.1 Å². The van der Waals surface area contributed by atoms with Crippen molar-refractivity contribution in [2.24, 2.45) is 0 Å². The van der Waals surface area contributed by atoms with Crippen molar-refractivity contribution in [3.63, 3.8) is 0 Å². The Labute approximate surface area is 223 Å². The van der Waals surface area contributed by atoms with Crippen LogP contribution in [0.3, 0.4) is 0 Å². The first kappa shape index (κ1) is 27.8. The van der Waals surface area contributed by atoms with Crippen LogP contribution in [0, 0.1) is 13.8 Å². The Kier molecular flexibility index (Phi) is 8.83. The predicted molar refractivity (Wildman–Crippen MR) is 139 cm³/mol. The van der Waals surface area contributed by atoms with Crippen LogP contribution in [-0.2, 0) is 26.1 Å². The number of esters is 1. The number of rotatable bonds is 10. The van der Waals surface area contributed by atoms with Crippen LogP contribution >= 0.6 is 0 Å². The van der Waals surface area contributed by atoms with Gasteiger partial charge in [0.1, 0.15) is 16.3 Å². The second-order valence-corrected chi connectivity index (χ2v) is 11.0. The minimum absolute atomic E-state index is 0.154. The van der Waals surface area contributed by atoms with Crippen molar-refractivity contribution in [3.8, 4) is 5.75 Å². The smallest absolute Gasteiger partial charge is 0.337 e. The first-order valence-corrected chi connectivity index (χ1v) is 13.7. The minimum atomic E-state index is -3.68. The normalized spacial score (nSPS) is 15.8. The van der Waals surface area contributed by atoms with Crippen LogP contribution in [0.4, 0.5) is 0 Å². The first-order valence-electron chi connectivity index (χ1n) is 12.3. The van der Waals surface area contributed by atoms with Gasteiger partial charge in [-0.25, -0.2) is 13.2 Å². The van der Waals surface area contributed by atoms with Gasteiger partial charge in [0.25, 0.3) is 0 Å². The van der Waals surface area contributed by atoms with Crippen molar-refractivity contribution in [2.75, 3.05) is 46.9 Å². The zero-order valence-corrected chi connectivity index (χ0v) is 22.9. The fraction of sp³-hybridized carbons (Fsp3) is 0.407. The lowest BCUT2D eigenvalue weighted by atomic mass is 10.1. The van der Waals surface area contributed by atoms with Gasteiger partial charge in [0.15, 0.2) is 5.76 Å². The van der Waals surface area contributed by atoms with Crippen molar-refractivity contribution in [1.29, 1.82) is 0 Å². The maximum absolute atomic E-state index is 13.2. The van der Waals surface area contributed by atoms with E-state index in [1.807, 2.05) is 36.4 Å². The molecular formula is C27H33N3O7S. The third kappa shape index (κ3) is 6.24. The molecule has 1 aromatic heterocycles. The Morgan fingerprint density at radius 2 is 1.76 bits per heavy atom. The molecule has 0 N–H and O–H groups in total. The topological polar surface area (TPSA) is 111 Å². The van der Waals surface area contributed by atoms with Gasteiger partial charge in [-0.1, -0.05) is 29.4 Å². The van der Waals surface area contributed by atoms with Gasteiger partial charge in [-0.3, -0.25) is 4.90 Å². The highest BCUT2D eigenvalue weighted by Gasteiger charge is 2.34. The number of carbonyl (C=O) groups excluding carboxylic acids is 1. The second kappa shape index (κ2) is 12.1. The quantitative estimate of drug-likeness (QED) is 0.355. The number of aryl methyl sites for hydroxylation is 2. The maximum atomic E-state index is 13.2. The minimum Gasteiger partial charge on any atom is -0.497 e. The molecule has 0 unspecified atom stereocenters. The summed E-state index contributed by atoms with van der Waals surface area (Å²) >= 11 is 0. The molecule has 1 saturated heterocycles. The van der Waals surface area contributed by atoms with Gasteiger partial charge < -0.3 is 18.7 Å². The molecule has 204 valence electrons. The van der Waals surface area contributed by atoms with Gasteiger partial charge in [0.05, 0.1) is 32.5 Å². The van der Waals surface area contributed by atoms with Crippen LogP contribution in [0.5, 0.6) is 5.75 Å². The number of aromatic nitrogens is 1. The highest BCUT2D eigenvalue weighted by Crippen LogP contribution is 2.27. The molecule has 3 aromatic rings. The predicted octanol–water partition coefficient (Wildman–Crippen LogP) is 3.35. The van der Waals surface area contributed by atoms with Crippen molar-refractivity contribution < 1.29 is 31.9 Å². The Hall–Kier alpha value is -3.25. The summed E-state index contributed by atoms with van der Waals surface area (Å²) in [5.41, 5.74) is 2.73. The van der Waals surface area contributed by atoms with E-state index in [0.717, 1.165) is 16.9 Å². The van der Waals surface area contributed by atoms with Gasteiger partial charge in [0.2, 0.25) is 10.0 Å². The fourth-order valence-corrected chi connectivity index (χ4v) is 6.22. The summed E-state index contributed by atoms with van der Waals surface area (Å²) in [4.78, 5) is 14.1. The van der Waals surface area contributed by atoms with Crippen molar-refractivity contribution in [1.82, 2.24) is 14.4 Å². The zero-order chi connectivity index (χ0) is 27.3. The number of hydrogen-bond donors (Lipinski definition) is 0. The standard InChI is InChI=1S/C27H33N3O7S/c1-19-26(20(2)37-28-19)38(32,33)30-14-12-29(13-15-30)17-25(23-6-5-7-24(16-23)34-3)36-18-21-8-10-22(11-9-21)27(31)35-4/h5-11,16,25H,12-15,17-18H2,1-4H3/t25-/m1/s1. The largest absolute Gasteiger partial charge is 0.497 e. The number of piperazine rings is 1. The molecule has 0 saturated carbocycles. The van der Waals surface area contributed by atoms with E-state index in [9.17, 15) is 13.2 Å². The van der Waals surface area contributed by atoms with Crippen LogP contribution in [0.15, 0.2) is 57.9 Å². The zero-order valence-electron chi connectivity index (χ0n) is 22.0. The second-order valence-electron chi connectivity index (χ2n) is 9.12. The van der Waals surface area contributed by atoms with Crippen molar-refractivity contribution >= 4 is 16.0 Å². The molecule has 1 atom stereocenters. The molecular weight excluding hydrogens is 510 g/mol. The monoisotopic (exact) mass is 543 g/mol. The number of methoxy groups -OCH3 is 2. The third-order valence-corrected chi connectivity index (χ3v) is 8.76. The van der Waals surface area contributed by atoms with E-state index in [1.165, 1.54) is 11.4 Å². The molecule has 1 aliphatic rings. The molecule has 0 spiro atoms. The Morgan fingerprint density at radius 1 is 1.05 bits per heavy atom. The summed E-state index contributed by atoms with van der Waals surface area (Å²) < 4.78 is 49.5. The molecule has 4 rings (SSSR count). The van der Waals surface area contributed by atoms with E-state index < -0.39 is 10.0 Å². The van der Waals surface area contributed by atoms with Crippen LogP contribution in [-0.4, -0.2) is 75.7 Å². The van der Waals surface area contributed by atoms with Gasteiger partial charge in [-0.05, 0) is 49.2 Å². The maximum Gasteiger partial charge on any atom is 0.337 e. The summed E-state index contributed by atoms with van der Waals surface area (Å²) in [7, 11) is -0.709. The Morgan fingerprint density at radius 3 is 2.37 bits per heavy atom. The molecule has 2 aromatic carbocycles. The summed E-state index contributed by atoms with van der Waals surface area (Å²) in [5, 5.41) is 3.80. The van der Waals surface area contributed by atoms with Crippen LogP contribution in [0.25, 0.3) is 0 Å². The molecule has 10 nitrogen and oxygen atoms in total. The van der Waals surface area contributed by atoms with Gasteiger partial charge >= 0.3 is 5.97 Å². The molecule has 0 radical (unpaired) electrons. The van der Waals surface area contributed by atoms with E-state index in [2.05, 4.69) is 10.1 Å². The van der Waals surface area contributed by atoms with Crippen LogP contribution in [0.2, 0.25) is 0 Å². The lowest BCUT2D eigenvalue weighted by Gasteiger charge is -2.35. The summed E-state index contributed by atoms with van der Waals surface area (Å²) in [6.07, 6.45) is -0.281. The third-order valence-electron chi connectivity index (χ3n) is 6.61. The van der Waals surface area contributed by atoms with Crippen molar-refractivity contribution in [2.45, 2.75) is 31.5 Å². The number of sulfonamides is 1. The Bertz CT molecular complexity index is 1330. The van der Waals surface area contributed by atoms with E-state index in [4.69, 9.17) is 18.7 Å². The van der Waals surface area contributed by atoms with Gasteiger partial charge in [-0.2, -0.15) is 4.31 Å². The number of ether oxygens (including phenoxy) is 3. The number of carbonyl (C=O) groups is 1. The molecule has 11 heteroatoms. The summed E-state index contributed by atoms with van der Waals surface area (Å²) in [5.74, 6) is 0.646. The average Bonchev–Trinajstić information content (AvgIpc) is 3.29. The van der Waals surface area contributed by atoms with E-state index in [-0.39, 0.29) is 17.0 Å². The Balaban J connectivity index is 1.44. The number of nitrogens with zero attached hydrogens (tertiary/aromatic N) is 3.